The summed E-state index contributed by atoms with van der Waals surface area (Å²) >= 11 is 0. The summed E-state index contributed by atoms with van der Waals surface area (Å²) in [4.78, 5) is 4.21. The summed E-state index contributed by atoms with van der Waals surface area (Å²) in [6, 6.07) is 0.478. The van der Waals surface area contributed by atoms with E-state index < -0.39 is 0 Å². The SMILES string of the molecule is CC(C)n1cncc1CNCCC1CCCCO1. The molecule has 4 heteroatoms. The monoisotopic (exact) mass is 251 g/mol. The molecule has 1 fully saturated rings. The van der Waals surface area contributed by atoms with E-state index in [0.29, 0.717) is 12.1 Å². The molecule has 18 heavy (non-hydrogen) atoms. The van der Waals surface area contributed by atoms with E-state index in [2.05, 4.69) is 28.7 Å². The smallest absolute Gasteiger partial charge is 0.0951 e. The Bertz CT molecular complexity index is 343. The second-order valence-corrected chi connectivity index (χ2v) is 5.34. The van der Waals surface area contributed by atoms with Crippen molar-refractivity contribution in [1.82, 2.24) is 14.9 Å². The fourth-order valence-electron chi connectivity index (χ4n) is 2.45. The van der Waals surface area contributed by atoms with Gasteiger partial charge < -0.3 is 14.6 Å². The van der Waals surface area contributed by atoms with Gasteiger partial charge in [-0.1, -0.05) is 0 Å². The lowest BCUT2D eigenvalue weighted by molar-refractivity contribution is 0.0115. The van der Waals surface area contributed by atoms with E-state index in [1.165, 1.54) is 25.0 Å². The lowest BCUT2D eigenvalue weighted by Gasteiger charge is -2.22. The van der Waals surface area contributed by atoms with E-state index in [1.807, 2.05) is 12.5 Å². The highest BCUT2D eigenvalue weighted by Gasteiger charge is 2.13. The Balaban J connectivity index is 1.66. The largest absolute Gasteiger partial charge is 0.378 e. The first kappa shape index (κ1) is 13.6. The molecule has 1 aliphatic rings. The van der Waals surface area contributed by atoms with Crippen LogP contribution in [0.5, 0.6) is 0 Å². The van der Waals surface area contributed by atoms with Gasteiger partial charge in [-0.05, 0) is 46.1 Å². The van der Waals surface area contributed by atoms with Gasteiger partial charge in [0.2, 0.25) is 0 Å². The van der Waals surface area contributed by atoms with Crippen LogP contribution in [0, 0.1) is 0 Å². The molecular weight excluding hydrogens is 226 g/mol. The minimum Gasteiger partial charge on any atom is -0.378 e. The number of rotatable bonds is 6. The van der Waals surface area contributed by atoms with Crippen LogP contribution in [0.1, 0.15) is 51.3 Å². The van der Waals surface area contributed by atoms with E-state index in [9.17, 15) is 0 Å². The molecule has 0 spiro atoms. The van der Waals surface area contributed by atoms with Crippen molar-refractivity contribution in [3.8, 4) is 0 Å². The highest BCUT2D eigenvalue weighted by Crippen LogP contribution is 2.15. The lowest BCUT2D eigenvalue weighted by Crippen LogP contribution is -2.25. The maximum absolute atomic E-state index is 5.72. The molecule has 1 aliphatic heterocycles. The van der Waals surface area contributed by atoms with Crippen molar-refractivity contribution in [2.45, 2.75) is 58.2 Å². The minimum atomic E-state index is 0.473. The van der Waals surface area contributed by atoms with Crippen LogP contribution in [0.15, 0.2) is 12.5 Å². The predicted octanol–water partition coefficient (Wildman–Crippen LogP) is 2.51. The van der Waals surface area contributed by atoms with E-state index >= 15 is 0 Å². The van der Waals surface area contributed by atoms with Crippen LogP contribution in [0.2, 0.25) is 0 Å². The molecule has 1 N–H and O–H groups in total. The molecule has 102 valence electrons. The maximum atomic E-state index is 5.72. The quantitative estimate of drug-likeness (QED) is 0.790. The van der Waals surface area contributed by atoms with Gasteiger partial charge in [0, 0.05) is 25.4 Å². The van der Waals surface area contributed by atoms with E-state index in [-0.39, 0.29) is 0 Å². The zero-order chi connectivity index (χ0) is 12.8. The molecule has 4 nitrogen and oxygen atoms in total. The number of hydrogen-bond acceptors (Lipinski definition) is 3. The van der Waals surface area contributed by atoms with Crippen molar-refractivity contribution >= 4 is 0 Å². The van der Waals surface area contributed by atoms with Crippen LogP contribution in [-0.4, -0.2) is 28.8 Å². The Labute approximate surface area is 110 Å². The molecular formula is C14H25N3O. The molecule has 0 bridgehead atoms. The number of nitrogens with one attached hydrogen (secondary N) is 1. The summed E-state index contributed by atoms with van der Waals surface area (Å²) < 4.78 is 7.93. The average Bonchev–Trinajstić information content (AvgIpc) is 2.84. The van der Waals surface area contributed by atoms with E-state index in [0.717, 1.165) is 26.1 Å². The van der Waals surface area contributed by atoms with E-state index in [1.54, 1.807) is 0 Å². The van der Waals surface area contributed by atoms with Gasteiger partial charge in [-0.2, -0.15) is 0 Å². The molecule has 1 unspecified atom stereocenters. The van der Waals surface area contributed by atoms with Gasteiger partial charge in [0.1, 0.15) is 0 Å². The van der Waals surface area contributed by atoms with Crippen LogP contribution < -0.4 is 5.32 Å². The molecule has 1 aromatic heterocycles. The molecule has 2 heterocycles. The summed E-state index contributed by atoms with van der Waals surface area (Å²) in [5.74, 6) is 0. The summed E-state index contributed by atoms with van der Waals surface area (Å²) in [5.41, 5.74) is 1.26. The van der Waals surface area contributed by atoms with Crippen LogP contribution in [-0.2, 0) is 11.3 Å². The van der Waals surface area contributed by atoms with Crippen LogP contribution in [0.25, 0.3) is 0 Å². The van der Waals surface area contributed by atoms with Crippen LogP contribution in [0.4, 0.5) is 0 Å². The standard InChI is InChI=1S/C14H25N3O/c1-12(2)17-11-16-10-13(17)9-15-7-6-14-5-3-4-8-18-14/h10-12,14-15H,3-9H2,1-2H3. The maximum Gasteiger partial charge on any atom is 0.0951 e. The highest BCUT2D eigenvalue weighted by molar-refractivity contribution is 4.99. The van der Waals surface area contributed by atoms with Gasteiger partial charge in [0.15, 0.2) is 0 Å². The lowest BCUT2D eigenvalue weighted by atomic mass is 10.1. The average molecular weight is 251 g/mol. The van der Waals surface area contributed by atoms with Gasteiger partial charge in [-0.25, -0.2) is 4.98 Å². The molecule has 1 atom stereocenters. The number of nitrogens with zero attached hydrogens (tertiary/aromatic N) is 2. The molecule has 0 aliphatic carbocycles. The van der Waals surface area contributed by atoms with Gasteiger partial charge in [0.05, 0.1) is 18.1 Å². The van der Waals surface area contributed by atoms with Gasteiger partial charge in [-0.3, -0.25) is 0 Å². The Morgan fingerprint density at radius 3 is 3.11 bits per heavy atom. The topological polar surface area (TPSA) is 39.1 Å². The summed E-state index contributed by atoms with van der Waals surface area (Å²) in [6.07, 6.45) is 9.24. The molecule has 1 saturated heterocycles. The predicted molar refractivity (Wildman–Crippen MR) is 72.5 cm³/mol. The van der Waals surface area contributed by atoms with Gasteiger partial charge in [0.25, 0.3) is 0 Å². The third-order valence-corrected chi connectivity index (χ3v) is 3.53. The van der Waals surface area contributed by atoms with Crippen molar-refractivity contribution in [2.75, 3.05) is 13.2 Å². The van der Waals surface area contributed by atoms with Crippen molar-refractivity contribution in [1.29, 1.82) is 0 Å². The number of imidazole rings is 1. The zero-order valence-corrected chi connectivity index (χ0v) is 11.6. The van der Waals surface area contributed by atoms with Crippen LogP contribution in [0.3, 0.4) is 0 Å². The molecule has 0 saturated carbocycles. The van der Waals surface area contributed by atoms with Crippen LogP contribution >= 0.6 is 0 Å². The van der Waals surface area contributed by atoms with Crippen molar-refractivity contribution in [2.24, 2.45) is 0 Å². The Hall–Kier alpha value is -0.870. The summed E-state index contributed by atoms with van der Waals surface area (Å²) in [5, 5.41) is 3.49. The highest BCUT2D eigenvalue weighted by atomic mass is 16.5. The Morgan fingerprint density at radius 1 is 1.50 bits per heavy atom. The summed E-state index contributed by atoms with van der Waals surface area (Å²) in [7, 11) is 0. The number of hydrogen-bond donors (Lipinski definition) is 1. The second-order valence-electron chi connectivity index (χ2n) is 5.34. The molecule has 2 rings (SSSR count). The van der Waals surface area contributed by atoms with Gasteiger partial charge in [-0.15, -0.1) is 0 Å². The molecule has 1 aromatic rings. The van der Waals surface area contributed by atoms with Crippen molar-refractivity contribution < 1.29 is 4.74 Å². The third-order valence-electron chi connectivity index (χ3n) is 3.53. The van der Waals surface area contributed by atoms with Crippen molar-refractivity contribution in [3.05, 3.63) is 18.2 Å². The third kappa shape index (κ3) is 3.82. The molecule has 0 radical (unpaired) electrons. The Kier molecular flexibility index (Phi) is 5.20. The second kappa shape index (κ2) is 6.90. The first-order valence-electron chi connectivity index (χ1n) is 7.10. The Morgan fingerprint density at radius 2 is 2.39 bits per heavy atom. The first-order chi connectivity index (χ1) is 8.77. The molecule has 0 aromatic carbocycles. The fourth-order valence-corrected chi connectivity index (χ4v) is 2.45. The summed E-state index contributed by atoms with van der Waals surface area (Å²) in [6.45, 7) is 7.23. The number of ether oxygens (including phenoxy) is 1. The zero-order valence-electron chi connectivity index (χ0n) is 11.6. The fraction of sp³-hybridized carbons (Fsp3) is 0.786. The van der Waals surface area contributed by atoms with Gasteiger partial charge >= 0.3 is 0 Å². The number of aromatic nitrogens is 2. The van der Waals surface area contributed by atoms with Crippen molar-refractivity contribution in [3.63, 3.8) is 0 Å². The minimum absolute atomic E-state index is 0.473. The molecule has 0 amide bonds. The van der Waals surface area contributed by atoms with E-state index in [4.69, 9.17) is 4.74 Å². The normalized spacial score (nSPS) is 20.5. The first-order valence-corrected chi connectivity index (χ1v) is 7.10.